The molecule has 1 aliphatic rings. The fourth-order valence-corrected chi connectivity index (χ4v) is 5.27. The molecule has 11 heteroatoms. The number of aliphatic hydroxyl groups excluding tert-OH is 1. The van der Waals surface area contributed by atoms with Crippen LogP contribution in [0.1, 0.15) is 49.4 Å². The number of nitriles is 1. The Bertz CT molecular complexity index is 1360. The number of hydrogen-bond acceptors (Lipinski definition) is 9. The van der Waals surface area contributed by atoms with Gasteiger partial charge in [0, 0.05) is 48.8 Å². The number of anilines is 2. The number of hydrogen-bond donors (Lipinski definition) is 3. The van der Waals surface area contributed by atoms with E-state index in [1.807, 2.05) is 17.0 Å². The van der Waals surface area contributed by atoms with Gasteiger partial charge in [-0.25, -0.2) is 9.97 Å². The van der Waals surface area contributed by atoms with Crippen LogP contribution in [0.4, 0.5) is 11.5 Å². The molecule has 4 rings (SSSR count). The average molecular weight is 546 g/mol. The minimum atomic E-state index is -0.171. The summed E-state index contributed by atoms with van der Waals surface area (Å²) in [7, 11) is 0. The van der Waals surface area contributed by atoms with Crippen molar-refractivity contribution in [2.45, 2.75) is 56.0 Å². The molecule has 3 heterocycles. The number of nitrogens with one attached hydrogen (secondary N) is 1. The monoisotopic (exact) mass is 545 g/mol. The first kappa shape index (κ1) is 28.0. The van der Waals surface area contributed by atoms with Crippen molar-refractivity contribution in [3.05, 3.63) is 59.4 Å². The molecular weight excluding hydrogens is 514 g/mol. The van der Waals surface area contributed by atoms with Gasteiger partial charge >= 0.3 is 0 Å². The molecule has 0 aliphatic carbocycles. The quantitative estimate of drug-likeness (QED) is 0.270. The maximum absolute atomic E-state index is 12.7. The van der Waals surface area contributed by atoms with Crippen LogP contribution in [0, 0.1) is 11.3 Å². The number of nitrogens with two attached hydrogens (primary N) is 1. The number of rotatable bonds is 9. The molecule has 2 amide bonds. The van der Waals surface area contributed by atoms with Gasteiger partial charge in [-0.3, -0.25) is 14.6 Å². The van der Waals surface area contributed by atoms with Crippen molar-refractivity contribution in [1.29, 1.82) is 5.26 Å². The summed E-state index contributed by atoms with van der Waals surface area (Å²) in [5.41, 5.74) is 9.82. The predicted molar refractivity (Wildman–Crippen MR) is 149 cm³/mol. The zero-order valence-corrected chi connectivity index (χ0v) is 22.6. The molecule has 0 spiro atoms. The van der Waals surface area contributed by atoms with Crippen LogP contribution < -0.4 is 11.1 Å². The lowest BCUT2D eigenvalue weighted by atomic mass is 10.0. The third-order valence-electron chi connectivity index (χ3n) is 6.51. The fraction of sp³-hybridized carbons (Fsp3) is 0.357. The van der Waals surface area contributed by atoms with Gasteiger partial charge in [0.15, 0.2) is 5.16 Å². The van der Waals surface area contributed by atoms with Crippen molar-refractivity contribution in [2.75, 3.05) is 24.2 Å². The van der Waals surface area contributed by atoms with Crippen molar-refractivity contribution in [3.63, 3.8) is 0 Å². The molecular formula is C28H31N7O3S. The number of benzene rings is 1. The lowest BCUT2D eigenvalue weighted by Crippen LogP contribution is -2.45. The van der Waals surface area contributed by atoms with Gasteiger partial charge in [0.2, 0.25) is 11.8 Å². The lowest BCUT2D eigenvalue weighted by Gasteiger charge is -2.34. The van der Waals surface area contributed by atoms with Crippen molar-refractivity contribution >= 4 is 35.1 Å². The van der Waals surface area contributed by atoms with Crippen molar-refractivity contribution in [2.24, 2.45) is 0 Å². The zero-order valence-electron chi connectivity index (χ0n) is 21.8. The van der Waals surface area contributed by atoms with E-state index < -0.39 is 0 Å². The highest BCUT2D eigenvalue weighted by Gasteiger charge is 2.25. The second kappa shape index (κ2) is 13.2. The third-order valence-corrected chi connectivity index (χ3v) is 7.43. The molecule has 1 unspecified atom stereocenters. The SMILES string of the molecule is CC(=O)Nc1ccc(-c2nc(SCc3ccc(CCC(=O)N4CCCCC4CO)nc3)nc(N)c2C#N)cc1. The first-order valence-corrected chi connectivity index (χ1v) is 13.8. The standard InChI is InChI=1S/C28H31N7O3S/c1-18(37)32-22-9-6-20(7-10-22)26-24(14-29)27(30)34-28(33-26)39-17-19-5-8-21(31-15-19)11-12-25(38)35-13-3-2-4-23(35)16-36/h5-10,15,23,36H,2-4,11-13,16-17H2,1H3,(H,32,37)(H2,30,33,34). The molecule has 1 atom stereocenters. The molecule has 0 saturated carbocycles. The normalized spacial score (nSPS) is 15.0. The molecule has 1 fully saturated rings. The number of pyridine rings is 1. The van der Waals surface area contributed by atoms with Gasteiger partial charge in [-0.1, -0.05) is 30.0 Å². The highest BCUT2D eigenvalue weighted by molar-refractivity contribution is 7.98. The van der Waals surface area contributed by atoms with Gasteiger partial charge in [0.1, 0.15) is 17.5 Å². The van der Waals surface area contributed by atoms with Gasteiger partial charge in [0.25, 0.3) is 0 Å². The van der Waals surface area contributed by atoms with Crippen LogP contribution >= 0.6 is 11.8 Å². The summed E-state index contributed by atoms with van der Waals surface area (Å²) in [6.07, 6.45) is 5.57. The van der Waals surface area contributed by atoms with Crippen LogP contribution in [0.25, 0.3) is 11.3 Å². The molecule has 3 aromatic rings. The average Bonchev–Trinajstić information content (AvgIpc) is 2.95. The Morgan fingerprint density at radius 1 is 1.21 bits per heavy atom. The Morgan fingerprint density at radius 3 is 2.67 bits per heavy atom. The number of nitrogen functional groups attached to an aromatic ring is 1. The number of nitrogens with zero attached hydrogens (tertiary/aromatic N) is 5. The maximum atomic E-state index is 12.7. The minimum absolute atomic E-state index is 0.0112. The van der Waals surface area contributed by atoms with Gasteiger partial charge in [-0.2, -0.15) is 5.26 Å². The molecule has 4 N–H and O–H groups in total. The van der Waals surface area contributed by atoms with Gasteiger partial charge < -0.3 is 21.1 Å². The van der Waals surface area contributed by atoms with Crippen LogP contribution in [0.2, 0.25) is 0 Å². The van der Waals surface area contributed by atoms with Crippen LogP contribution in [0.3, 0.4) is 0 Å². The number of amides is 2. The van der Waals surface area contributed by atoms with Gasteiger partial charge in [-0.15, -0.1) is 0 Å². The summed E-state index contributed by atoms with van der Waals surface area (Å²) < 4.78 is 0. The summed E-state index contributed by atoms with van der Waals surface area (Å²) >= 11 is 1.38. The van der Waals surface area contributed by atoms with E-state index in [1.165, 1.54) is 18.7 Å². The number of aryl methyl sites for hydroxylation is 1. The number of aliphatic hydroxyl groups is 1. The summed E-state index contributed by atoms with van der Waals surface area (Å²) in [5, 5.41) is 22.3. The van der Waals surface area contributed by atoms with Crippen LogP contribution in [0.5, 0.6) is 0 Å². The Morgan fingerprint density at radius 2 is 2.00 bits per heavy atom. The Labute approximate surface area is 231 Å². The Balaban J connectivity index is 1.38. The smallest absolute Gasteiger partial charge is 0.223 e. The number of carbonyl (C=O) groups is 2. The van der Waals surface area contributed by atoms with E-state index in [-0.39, 0.29) is 35.8 Å². The minimum Gasteiger partial charge on any atom is -0.394 e. The highest BCUT2D eigenvalue weighted by atomic mass is 32.2. The highest BCUT2D eigenvalue weighted by Crippen LogP contribution is 2.29. The molecule has 1 aromatic carbocycles. The van der Waals surface area contributed by atoms with Crippen molar-refractivity contribution in [1.82, 2.24) is 19.9 Å². The topological polar surface area (TPSA) is 158 Å². The van der Waals surface area contributed by atoms with Crippen LogP contribution in [0.15, 0.2) is 47.8 Å². The summed E-state index contributed by atoms with van der Waals surface area (Å²) in [5.74, 6) is 0.539. The molecule has 10 nitrogen and oxygen atoms in total. The van der Waals surface area contributed by atoms with Crippen LogP contribution in [-0.4, -0.2) is 56.0 Å². The first-order chi connectivity index (χ1) is 18.9. The second-order valence-electron chi connectivity index (χ2n) is 9.35. The predicted octanol–water partition coefficient (Wildman–Crippen LogP) is 3.55. The van der Waals surface area contributed by atoms with E-state index in [9.17, 15) is 20.0 Å². The van der Waals surface area contributed by atoms with Crippen molar-refractivity contribution in [3.8, 4) is 17.3 Å². The number of piperidine rings is 1. The molecule has 39 heavy (non-hydrogen) atoms. The number of thioether (sulfide) groups is 1. The molecule has 202 valence electrons. The fourth-order valence-electron chi connectivity index (χ4n) is 4.49. The Hall–Kier alpha value is -4.01. The van der Waals surface area contributed by atoms with Gasteiger partial charge in [-0.05, 0) is 49.4 Å². The van der Waals surface area contributed by atoms with E-state index in [2.05, 4.69) is 26.3 Å². The first-order valence-electron chi connectivity index (χ1n) is 12.8. The molecule has 1 aliphatic heterocycles. The third kappa shape index (κ3) is 7.31. The van der Waals surface area contributed by atoms with Gasteiger partial charge in [0.05, 0.1) is 18.3 Å². The van der Waals surface area contributed by atoms with E-state index >= 15 is 0 Å². The maximum Gasteiger partial charge on any atom is 0.223 e. The number of aromatic nitrogens is 3. The largest absolute Gasteiger partial charge is 0.394 e. The van der Waals surface area contributed by atoms with E-state index in [0.29, 0.717) is 47.2 Å². The summed E-state index contributed by atoms with van der Waals surface area (Å²) in [6.45, 7) is 2.15. The van der Waals surface area contributed by atoms with E-state index in [1.54, 1.807) is 30.5 Å². The second-order valence-corrected chi connectivity index (χ2v) is 10.3. The van der Waals surface area contributed by atoms with Crippen LogP contribution in [-0.2, 0) is 21.8 Å². The lowest BCUT2D eigenvalue weighted by molar-refractivity contribution is -0.135. The molecule has 1 saturated heterocycles. The van der Waals surface area contributed by atoms with E-state index in [4.69, 9.17) is 5.73 Å². The summed E-state index contributed by atoms with van der Waals surface area (Å²) in [6, 6.07) is 12.9. The Kier molecular flexibility index (Phi) is 9.46. The van der Waals surface area contributed by atoms with Crippen molar-refractivity contribution < 1.29 is 14.7 Å². The molecule has 2 aromatic heterocycles. The molecule has 0 bridgehead atoms. The van der Waals surface area contributed by atoms with E-state index in [0.717, 1.165) is 30.5 Å². The molecule has 0 radical (unpaired) electrons. The summed E-state index contributed by atoms with van der Waals surface area (Å²) in [4.78, 5) is 39.1. The number of carbonyl (C=O) groups excluding carboxylic acids is 2. The zero-order chi connectivity index (χ0) is 27.8. The number of likely N-dealkylation sites (tertiary alicyclic amines) is 1.